The molecule has 0 aromatic carbocycles. The molecule has 1 aromatic heterocycles. The van der Waals surface area contributed by atoms with Crippen molar-refractivity contribution in [3.05, 3.63) is 15.6 Å². The molecule has 0 bridgehead atoms. The second-order valence-electron chi connectivity index (χ2n) is 5.95. The molecule has 1 aromatic rings. The van der Waals surface area contributed by atoms with Crippen molar-refractivity contribution in [2.24, 2.45) is 5.41 Å². The van der Waals surface area contributed by atoms with Crippen molar-refractivity contribution >= 4 is 17.3 Å². The zero-order chi connectivity index (χ0) is 15.6. The number of hydrogen-bond donors (Lipinski definition) is 2. The van der Waals surface area contributed by atoms with Gasteiger partial charge in [0.05, 0.1) is 22.2 Å². The minimum Gasteiger partial charge on any atom is -0.481 e. The van der Waals surface area contributed by atoms with Crippen LogP contribution in [-0.2, 0) is 11.3 Å². The van der Waals surface area contributed by atoms with Crippen LogP contribution >= 0.6 is 11.3 Å². The third-order valence-corrected chi connectivity index (χ3v) is 5.49. The molecule has 6 heteroatoms. The van der Waals surface area contributed by atoms with Gasteiger partial charge in [-0.25, -0.2) is 4.98 Å². The lowest BCUT2D eigenvalue weighted by atomic mass is 9.73. The van der Waals surface area contributed by atoms with Gasteiger partial charge in [-0.05, 0) is 33.2 Å². The summed E-state index contributed by atoms with van der Waals surface area (Å²) in [6.45, 7) is 7.83. The Morgan fingerprint density at radius 2 is 2.24 bits per heavy atom. The molecule has 1 saturated heterocycles. The minimum atomic E-state index is -0.968. The number of piperidine rings is 1. The van der Waals surface area contributed by atoms with Crippen LogP contribution in [-0.4, -0.2) is 45.3 Å². The van der Waals surface area contributed by atoms with Crippen LogP contribution in [0.15, 0.2) is 0 Å². The SMILES string of the molecule is CCC[C@]1(C(=O)O)CCN(Cc2sc(C)nc2C)C[C@@H]1O. The van der Waals surface area contributed by atoms with E-state index in [0.717, 1.165) is 23.7 Å². The maximum atomic E-state index is 11.6. The zero-order valence-corrected chi connectivity index (χ0v) is 13.7. The Bertz CT molecular complexity index is 517. The largest absolute Gasteiger partial charge is 0.481 e. The average Bonchev–Trinajstić information content (AvgIpc) is 2.71. The molecule has 0 unspecified atom stereocenters. The van der Waals surface area contributed by atoms with Gasteiger partial charge in [0, 0.05) is 18.0 Å². The maximum absolute atomic E-state index is 11.6. The van der Waals surface area contributed by atoms with Gasteiger partial charge in [-0.15, -0.1) is 11.3 Å². The molecule has 0 amide bonds. The fourth-order valence-electron chi connectivity index (χ4n) is 3.20. The average molecular weight is 312 g/mol. The number of rotatable bonds is 5. The van der Waals surface area contributed by atoms with Gasteiger partial charge in [0.15, 0.2) is 0 Å². The van der Waals surface area contributed by atoms with Crippen LogP contribution in [0, 0.1) is 19.3 Å². The molecular formula is C15H24N2O3S. The molecule has 2 N–H and O–H groups in total. The normalized spacial score (nSPS) is 27.0. The lowest BCUT2D eigenvalue weighted by molar-refractivity contribution is -0.164. The molecule has 2 rings (SSSR count). The highest BCUT2D eigenvalue weighted by Gasteiger charge is 2.47. The lowest BCUT2D eigenvalue weighted by Crippen LogP contribution is -2.54. The Morgan fingerprint density at radius 3 is 2.71 bits per heavy atom. The second kappa shape index (κ2) is 6.42. The number of aliphatic hydroxyl groups excluding tert-OH is 1. The number of aromatic nitrogens is 1. The summed E-state index contributed by atoms with van der Waals surface area (Å²) in [6.07, 6.45) is 1.01. The molecule has 5 nitrogen and oxygen atoms in total. The van der Waals surface area contributed by atoms with Crippen LogP contribution in [0.1, 0.15) is 41.8 Å². The Hall–Kier alpha value is -0.980. The van der Waals surface area contributed by atoms with E-state index in [-0.39, 0.29) is 0 Å². The van der Waals surface area contributed by atoms with Crippen molar-refractivity contribution in [2.45, 2.75) is 52.7 Å². The molecular weight excluding hydrogens is 288 g/mol. The number of aliphatic hydroxyl groups is 1. The van der Waals surface area contributed by atoms with Gasteiger partial charge in [-0.1, -0.05) is 13.3 Å². The molecule has 0 radical (unpaired) electrons. The molecule has 2 heterocycles. The summed E-state index contributed by atoms with van der Waals surface area (Å²) in [5.74, 6) is -0.860. The number of likely N-dealkylation sites (tertiary alicyclic amines) is 1. The third kappa shape index (κ3) is 3.27. The molecule has 21 heavy (non-hydrogen) atoms. The van der Waals surface area contributed by atoms with E-state index in [9.17, 15) is 15.0 Å². The van der Waals surface area contributed by atoms with Gasteiger partial charge < -0.3 is 10.2 Å². The van der Waals surface area contributed by atoms with E-state index >= 15 is 0 Å². The molecule has 118 valence electrons. The summed E-state index contributed by atoms with van der Waals surface area (Å²) in [5.41, 5.74) is 0.0693. The van der Waals surface area contributed by atoms with Crippen LogP contribution in [0.4, 0.5) is 0 Å². The third-order valence-electron chi connectivity index (χ3n) is 4.43. The van der Waals surface area contributed by atoms with Crippen LogP contribution in [0.3, 0.4) is 0 Å². The zero-order valence-electron chi connectivity index (χ0n) is 12.9. The molecule has 1 aliphatic rings. The summed E-state index contributed by atoms with van der Waals surface area (Å²) in [7, 11) is 0. The first-order chi connectivity index (χ1) is 9.89. The number of thiazole rings is 1. The van der Waals surface area contributed by atoms with E-state index in [1.807, 2.05) is 20.8 Å². The Kier molecular flexibility index (Phi) is 5.01. The first-order valence-electron chi connectivity index (χ1n) is 7.45. The van der Waals surface area contributed by atoms with Crippen molar-refractivity contribution in [3.8, 4) is 0 Å². The number of aryl methyl sites for hydroxylation is 2. The predicted molar refractivity (Wildman–Crippen MR) is 82.5 cm³/mol. The van der Waals surface area contributed by atoms with Crippen molar-refractivity contribution < 1.29 is 15.0 Å². The topological polar surface area (TPSA) is 73.7 Å². The van der Waals surface area contributed by atoms with E-state index < -0.39 is 17.5 Å². The van der Waals surface area contributed by atoms with E-state index in [1.54, 1.807) is 11.3 Å². The molecule has 2 atom stereocenters. The Labute approximate surface area is 129 Å². The summed E-state index contributed by atoms with van der Waals surface area (Å²) in [5, 5.41) is 21.0. The van der Waals surface area contributed by atoms with Gasteiger partial charge in [0.2, 0.25) is 0 Å². The highest BCUT2D eigenvalue weighted by molar-refractivity contribution is 7.11. The number of carboxylic acid groups (broad SMARTS) is 1. The molecule has 1 aliphatic heterocycles. The number of aliphatic carboxylic acids is 1. The number of carbonyl (C=O) groups is 1. The molecule has 0 saturated carbocycles. The van der Waals surface area contributed by atoms with E-state index in [2.05, 4.69) is 9.88 Å². The van der Waals surface area contributed by atoms with Crippen LogP contribution < -0.4 is 0 Å². The van der Waals surface area contributed by atoms with E-state index in [0.29, 0.717) is 25.9 Å². The summed E-state index contributed by atoms with van der Waals surface area (Å²) in [4.78, 5) is 19.4. The van der Waals surface area contributed by atoms with Gasteiger partial charge in [-0.3, -0.25) is 9.69 Å². The van der Waals surface area contributed by atoms with Crippen molar-refractivity contribution in [1.82, 2.24) is 9.88 Å². The van der Waals surface area contributed by atoms with Crippen molar-refractivity contribution in [3.63, 3.8) is 0 Å². The fraction of sp³-hybridized carbons (Fsp3) is 0.733. The standard InChI is InChI=1S/C15H24N2O3S/c1-4-5-15(14(19)20)6-7-17(9-13(15)18)8-12-10(2)16-11(3)21-12/h13,18H,4-9H2,1-3H3,(H,19,20)/t13-,15-/m0/s1. The van der Waals surface area contributed by atoms with Crippen LogP contribution in [0.5, 0.6) is 0 Å². The monoisotopic (exact) mass is 312 g/mol. The van der Waals surface area contributed by atoms with Crippen molar-refractivity contribution in [2.75, 3.05) is 13.1 Å². The number of hydrogen-bond acceptors (Lipinski definition) is 5. The van der Waals surface area contributed by atoms with Gasteiger partial charge >= 0.3 is 5.97 Å². The van der Waals surface area contributed by atoms with Gasteiger partial charge in [-0.2, -0.15) is 0 Å². The highest BCUT2D eigenvalue weighted by atomic mass is 32.1. The summed E-state index contributed by atoms with van der Waals surface area (Å²) < 4.78 is 0. The lowest BCUT2D eigenvalue weighted by Gasteiger charge is -2.42. The Balaban J connectivity index is 2.06. The number of nitrogens with zero attached hydrogens (tertiary/aromatic N) is 2. The smallest absolute Gasteiger partial charge is 0.312 e. The van der Waals surface area contributed by atoms with E-state index in [1.165, 1.54) is 4.88 Å². The van der Waals surface area contributed by atoms with Crippen molar-refractivity contribution in [1.29, 1.82) is 0 Å². The van der Waals surface area contributed by atoms with Crippen LogP contribution in [0.2, 0.25) is 0 Å². The Morgan fingerprint density at radius 1 is 1.52 bits per heavy atom. The molecule has 0 aliphatic carbocycles. The summed E-state index contributed by atoms with van der Waals surface area (Å²) in [6, 6.07) is 0. The van der Waals surface area contributed by atoms with Gasteiger partial charge in [0.25, 0.3) is 0 Å². The predicted octanol–water partition coefficient (Wildman–Crippen LogP) is 2.20. The number of β-amino-alcohol motifs (C(OH)–C–C–N with tert-alkyl or cyclic N) is 1. The fourth-order valence-corrected chi connectivity index (χ4v) is 4.18. The van der Waals surface area contributed by atoms with Gasteiger partial charge in [0.1, 0.15) is 0 Å². The maximum Gasteiger partial charge on any atom is 0.312 e. The van der Waals surface area contributed by atoms with Crippen LogP contribution in [0.25, 0.3) is 0 Å². The highest BCUT2D eigenvalue weighted by Crippen LogP contribution is 2.37. The summed E-state index contributed by atoms with van der Waals surface area (Å²) >= 11 is 1.67. The second-order valence-corrected chi connectivity index (χ2v) is 7.24. The molecule has 0 spiro atoms. The first-order valence-corrected chi connectivity index (χ1v) is 8.27. The first kappa shape index (κ1) is 16.4. The molecule has 1 fully saturated rings. The minimum absolute atomic E-state index is 0.419. The number of carboxylic acids is 1. The van der Waals surface area contributed by atoms with E-state index in [4.69, 9.17) is 0 Å². The quantitative estimate of drug-likeness (QED) is 0.872.